The zero-order valence-corrected chi connectivity index (χ0v) is 10.9. The first-order chi connectivity index (χ1) is 8.77. The minimum atomic E-state index is 0.112. The Morgan fingerprint density at radius 3 is 2.72 bits per heavy atom. The minimum Gasteiger partial charge on any atom is -0.342 e. The standard InChI is InChI=1S/C15H20N2O/c1-17(12-6-8-16-9-7-12)15(18)14-10-11-4-2-3-5-13(11)14/h2-5,12,14,16H,6-10H2,1H3. The smallest absolute Gasteiger partial charge is 0.230 e. The Kier molecular flexibility index (Phi) is 3.08. The number of nitrogens with one attached hydrogen (secondary N) is 1. The van der Waals surface area contributed by atoms with Gasteiger partial charge in [-0.25, -0.2) is 0 Å². The van der Waals surface area contributed by atoms with Gasteiger partial charge in [-0.15, -0.1) is 0 Å². The van der Waals surface area contributed by atoms with Crippen molar-refractivity contribution in [3.05, 3.63) is 35.4 Å². The van der Waals surface area contributed by atoms with Gasteiger partial charge in [0.15, 0.2) is 0 Å². The first-order valence-corrected chi connectivity index (χ1v) is 6.82. The van der Waals surface area contributed by atoms with Crippen LogP contribution in [-0.2, 0) is 11.2 Å². The second-order valence-corrected chi connectivity index (χ2v) is 5.39. The van der Waals surface area contributed by atoms with Gasteiger partial charge in [-0.05, 0) is 43.5 Å². The van der Waals surface area contributed by atoms with Crippen LogP contribution < -0.4 is 5.32 Å². The summed E-state index contributed by atoms with van der Waals surface area (Å²) in [5.41, 5.74) is 2.58. The number of hydrogen-bond acceptors (Lipinski definition) is 2. The van der Waals surface area contributed by atoms with Crippen molar-refractivity contribution < 1.29 is 4.79 Å². The average Bonchev–Trinajstić information content (AvgIpc) is 2.40. The van der Waals surface area contributed by atoms with Crippen molar-refractivity contribution in [3.63, 3.8) is 0 Å². The van der Waals surface area contributed by atoms with Crippen molar-refractivity contribution in [2.24, 2.45) is 0 Å². The molecule has 0 saturated carbocycles. The number of piperidine rings is 1. The Morgan fingerprint density at radius 1 is 1.28 bits per heavy atom. The van der Waals surface area contributed by atoms with E-state index in [2.05, 4.69) is 23.5 Å². The van der Waals surface area contributed by atoms with Crippen LogP contribution in [0, 0.1) is 0 Å². The maximum Gasteiger partial charge on any atom is 0.230 e. The molecule has 96 valence electrons. The van der Waals surface area contributed by atoms with Gasteiger partial charge in [-0.3, -0.25) is 4.79 Å². The van der Waals surface area contributed by atoms with Gasteiger partial charge in [-0.2, -0.15) is 0 Å². The molecule has 1 fully saturated rings. The van der Waals surface area contributed by atoms with Crippen molar-refractivity contribution in [3.8, 4) is 0 Å². The van der Waals surface area contributed by atoms with Gasteiger partial charge in [0, 0.05) is 13.1 Å². The van der Waals surface area contributed by atoms with E-state index in [-0.39, 0.29) is 5.92 Å². The van der Waals surface area contributed by atoms with Gasteiger partial charge in [0.05, 0.1) is 5.92 Å². The number of likely N-dealkylation sites (N-methyl/N-ethyl adjacent to an activating group) is 1. The monoisotopic (exact) mass is 244 g/mol. The molecule has 1 N–H and O–H groups in total. The summed E-state index contributed by atoms with van der Waals surface area (Å²) in [6, 6.07) is 8.73. The Balaban J connectivity index is 1.69. The van der Waals surface area contributed by atoms with E-state index in [4.69, 9.17) is 0 Å². The Hall–Kier alpha value is -1.35. The molecule has 1 heterocycles. The summed E-state index contributed by atoms with van der Waals surface area (Å²) in [4.78, 5) is 14.5. The van der Waals surface area contributed by atoms with E-state index in [0.29, 0.717) is 11.9 Å². The van der Waals surface area contributed by atoms with E-state index in [0.717, 1.165) is 32.4 Å². The van der Waals surface area contributed by atoms with Gasteiger partial charge in [-0.1, -0.05) is 24.3 Å². The summed E-state index contributed by atoms with van der Waals surface area (Å²) in [6.45, 7) is 2.06. The predicted octanol–water partition coefficient (Wildman–Crippen LogP) is 1.54. The van der Waals surface area contributed by atoms with Crippen LogP contribution >= 0.6 is 0 Å². The molecule has 3 nitrogen and oxygen atoms in total. The number of rotatable bonds is 2. The summed E-state index contributed by atoms with van der Waals surface area (Å²) in [6.07, 6.45) is 3.08. The topological polar surface area (TPSA) is 32.3 Å². The Morgan fingerprint density at radius 2 is 2.00 bits per heavy atom. The summed E-state index contributed by atoms with van der Waals surface area (Å²) < 4.78 is 0. The number of carbonyl (C=O) groups excluding carboxylic acids is 1. The number of nitrogens with zero attached hydrogens (tertiary/aromatic N) is 1. The molecule has 0 bridgehead atoms. The molecular weight excluding hydrogens is 224 g/mol. The van der Waals surface area contributed by atoms with Crippen molar-refractivity contribution in [1.29, 1.82) is 0 Å². The van der Waals surface area contributed by atoms with Crippen LogP contribution in [-0.4, -0.2) is 37.0 Å². The quantitative estimate of drug-likeness (QED) is 0.856. The van der Waals surface area contributed by atoms with Crippen molar-refractivity contribution >= 4 is 5.91 Å². The number of carbonyl (C=O) groups is 1. The Bertz CT molecular complexity index is 452. The van der Waals surface area contributed by atoms with E-state index < -0.39 is 0 Å². The third kappa shape index (κ3) is 1.93. The van der Waals surface area contributed by atoms with Crippen LogP contribution in [0.1, 0.15) is 29.9 Å². The molecule has 18 heavy (non-hydrogen) atoms. The van der Waals surface area contributed by atoms with Gasteiger partial charge >= 0.3 is 0 Å². The first kappa shape index (κ1) is 11.7. The van der Waals surface area contributed by atoms with E-state index in [1.807, 2.05) is 18.0 Å². The molecule has 0 spiro atoms. The molecule has 1 aliphatic heterocycles. The number of fused-ring (bicyclic) bond motifs is 1. The van der Waals surface area contributed by atoms with Gasteiger partial charge in [0.25, 0.3) is 0 Å². The van der Waals surface area contributed by atoms with Gasteiger partial charge in [0.2, 0.25) is 5.91 Å². The maximum atomic E-state index is 12.5. The highest BCUT2D eigenvalue weighted by molar-refractivity contribution is 5.87. The maximum absolute atomic E-state index is 12.5. The van der Waals surface area contributed by atoms with Crippen LogP contribution in [0.2, 0.25) is 0 Å². The van der Waals surface area contributed by atoms with Crippen molar-refractivity contribution in [2.75, 3.05) is 20.1 Å². The van der Waals surface area contributed by atoms with Crippen LogP contribution in [0.25, 0.3) is 0 Å². The average molecular weight is 244 g/mol. The molecular formula is C15H20N2O. The third-order valence-corrected chi connectivity index (χ3v) is 4.36. The lowest BCUT2D eigenvalue weighted by molar-refractivity contribution is -0.134. The minimum absolute atomic E-state index is 0.112. The largest absolute Gasteiger partial charge is 0.342 e. The van der Waals surface area contributed by atoms with E-state index in [1.165, 1.54) is 11.1 Å². The highest BCUT2D eigenvalue weighted by Crippen LogP contribution is 2.36. The van der Waals surface area contributed by atoms with E-state index in [9.17, 15) is 4.79 Å². The second kappa shape index (κ2) is 4.73. The van der Waals surface area contributed by atoms with Crippen molar-refractivity contribution in [2.45, 2.75) is 31.2 Å². The van der Waals surface area contributed by atoms with Crippen LogP contribution in [0.15, 0.2) is 24.3 Å². The molecule has 3 heteroatoms. The van der Waals surface area contributed by atoms with Crippen LogP contribution in [0.5, 0.6) is 0 Å². The van der Waals surface area contributed by atoms with Crippen molar-refractivity contribution in [1.82, 2.24) is 10.2 Å². The second-order valence-electron chi connectivity index (χ2n) is 5.39. The highest BCUT2D eigenvalue weighted by Gasteiger charge is 2.35. The first-order valence-electron chi connectivity index (χ1n) is 6.82. The molecule has 0 aromatic heterocycles. The summed E-state index contributed by atoms with van der Waals surface area (Å²) >= 11 is 0. The third-order valence-electron chi connectivity index (χ3n) is 4.36. The zero-order chi connectivity index (χ0) is 12.5. The van der Waals surface area contributed by atoms with E-state index in [1.54, 1.807) is 0 Å². The van der Waals surface area contributed by atoms with Crippen LogP contribution in [0.3, 0.4) is 0 Å². The number of benzene rings is 1. The zero-order valence-electron chi connectivity index (χ0n) is 10.9. The summed E-state index contributed by atoms with van der Waals surface area (Å²) in [7, 11) is 1.97. The molecule has 1 amide bonds. The van der Waals surface area contributed by atoms with Crippen LogP contribution in [0.4, 0.5) is 0 Å². The highest BCUT2D eigenvalue weighted by atomic mass is 16.2. The molecule has 1 aliphatic carbocycles. The molecule has 1 unspecified atom stereocenters. The molecule has 1 aromatic rings. The normalized spacial score (nSPS) is 23.1. The fourth-order valence-electron chi connectivity index (χ4n) is 3.10. The summed E-state index contributed by atoms with van der Waals surface area (Å²) in [5, 5.41) is 3.34. The number of amides is 1. The molecule has 1 saturated heterocycles. The summed E-state index contributed by atoms with van der Waals surface area (Å²) in [5.74, 6) is 0.418. The molecule has 0 radical (unpaired) electrons. The molecule has 1 aromatic carbocycles. The SMILES string of the molecule is CN(C(=O)C1Cc2ccccc21)C1CCNCC1. The lowest BCUT2D eigenvalue weighted by atomic mass is 9.76. The Labute approximate surface area is 108 Å². The molecule has 2 aliphatic rings. The molecule has 1 atom stereocenters. The molecule has 3 rings (SSSR count). The fraction of sp³-hybridized carbons (Fsp3) is 0.533. The van der Waals surface area contributed by atoms with E-state index >= 15 is 0 Å². The predicted molar refractivity (Wildman–Crippen MR) is 71.5 cm³/mol. The lowest BCUT2D eigenvalue weighted by Gasteiger charge is -2.37. The van der Waals surface area contributed by atoms with Gasteiger partial charge in [0.1, 0.15) is 0 Å². The lowest BCUT2D eigenvalue weighted by Crippen LogP contribution is -2.47. The van der Waals surface area contributed by atoms with Gasteiger partial charge < -0.3 is 10.2 Å². The number of hydrogen-bond donors (Lipinski definition) is 1. The fourth-order valence-corrected chi connectivity index (χ4v) is 3.10.